The van der Waals surface area contributed by atoms with E-state index in [0.717, 1.165) is 12.3 Å². The molecule has 1 aliphatic carbocycles. The van der Waals surface area contributed by atoms with E-state index >= 15 is 0 Å². The van der Waals surface area contributed by atoms with Crippen LogP contribution in [0.15, 0.2) is 12.3 Å². The Morgan fingerprint density at radius 3 is 2.59 bits per heavy atom. The summed E-state index contributed by atoms with van der Waals surface area (Å²) in [6.07, 6.45) is -3.26. The number of aliphatic hydroxyl groups is 1. The van der Waals surface area contributed by atoms with Crippen LogP contribution in [0.4, 0.5) is 17.6 Å². The second-order valence-corrected chi connectivity index (χ2v) is 13.5. The minimum absolute atomic E-state index is 0.0204. The third kappa shape index (κ3) is 6.81. The summed E-state index contributed by atoms with van der Waals surface area (Å²) in [5.41, 5.74) is -1.49. The third-order valence-electron chi connectivity index (χ3n) is 7.79. The molecule has 0 bridgehead atoms. The zero-order valence-electron chi connectivity index (χ0n) is 22.8. The largest absolute Gasteiger partial charge is 0.468 e. The van der Waals surface area contributed by atoms with Gasteiger partial charge in [0, 0.05) is 35.2 Å². The number of hydrogen-bond acceptors (Lipinski definition) is 8. The maximum absolute atomic E-state index is 15.0. The lowest BCUT2D eigenvalue weighted by atomic mass is 9.83. The van der Waals surface area contributed by atoms with E-state index in [2.05, 4.69) is 21.5 Å². The van der Waals surface area contributed by atoms with Gasteiger partial charge in [0.05, 0.1) is 41.1 Å². The van der Waals surface area contributed by atoms with Gasteiger partial charge in [-0.2, -0.15) is 23.5 Å². The van der Waals surface area contributed by atoms with Gasteiger partial charge >= 0.3 is 6.18 Å². The van der Waals surface area contributed by atoms with Crippen molar-refractivity contribution in [1.29, 1.82) is 5.26 Å². The number of rotatable bonds is 7. The number of alkyl halides is 3. The lowest BCUT2D eigenvalue weighted by molar-refractivity contribution is -0.154. The van der Waals surface area contributed by atoms with Crippen LogP contribution in [0, 0.1) is 23.1 Å². The Labute approximate surface area is 234 Å². The van der Waals surface area contributed by atoms with Crippen LogP contribution < -0.4 is 10.1 Å². The highest BCUT2D eigenvalue weighted by Crippen LogP contribution is 2.39. The van der Waals surface area contributed by atoms with Gasteiger partial charge in [0.15, 0.2) is 22.3 Å². The molecule has 41 heavy (non-hydrogen) atoms. The monoisotopic (exact) mass is 601 g/mol. The first-order valence-corrected chi connectivity index (χ1v) is 14.9. The van der Waals surface area contributed by atoms with E-state index in [1.165, 1.54) is 4.68 Å². The number of hydrogen-bond donors (Lipinski definition) is 2. The molecule has 2 atom stereocenters. The molecule has 0 saturated carbocycles. The van der Waals surface area contributed by atoms with Crippen molar-refractivity contribution in [2.24, 2.45) is 5.92 Å². The van der Waals surface area contributed by atoms with Crippen molar-refractivity contribution in [2.75, 3.05) is 18.1 Å². The predicted octanol–water partition coefficient (Wildman–Crippen LogP) is 3.05. The third-order valence-corrected chi connectivity index (χ3v) is 9.44. The van der Waals surface area contributed by atoms with Crippen LogP contribution in [0.3, 0.4) is 0 Å². The Bertz CT molecular complexity index is 1460. The Hall–Kier alpha value is -3.25. The Morgan fingerprint density at radius 2 is 2.00 bits per heavy atom. The summed E-state index contributed by atoms with van der Waals surface area (Å²) in [5, 5.41) is 27.8. The summed E-state index contributed by atoms with van der Waals surface area (Å²) < 4.78 is 82.9. The number of nitrogens with one attached hydrogen (secondary N) is 1. The average molecular weight is 602 g/mol. The van der Waals surface area contributed by atoms with Crippen molar-refractivity contribution in [3.63, 3.8) is 0 Å². The second kappa shape index (κ2) is 10.9. The van der Waals surface area contributed by atoms with Crippen molar-refractivity contribution in [3.05, 3.63) is 29.3 Å². The molecule has 0 spiro atoms. The molecule has 2 aliphatic rings. The summed E-state index contributed by atoms with van der Waals surface area (Å²) in [4.78, 5) is 16.9. The van der Waals surface area contributed by atoms with Gasteiger partial charge < -0.3 is 15.2 Å². The van der Waals surface area contributed by atoms with Crippen molar-refractivity contribution < 1.29 is 40.6 Å². The molecule has 224 valence electrons. The highest BCUT2D eigenvalue weighted by molar-refractivity contribution is 7.91. The van der Waals surface area contributed by atoms with Crippen LogP contribution in [-0.2, 0) is 27.5 Å². The molecule has 1 aliphatic heterocycles. The van der Waals surface area contributed by atoms with Crippen LogP contribution in [0.25, 0.3) is 11.3 Å². The van der Waals surface area contributed by atoms with Gasteiger partial charge in [-0.1, -0.05) is 0 Å². The normalized spacial score (nSPS) is 20.9. The first kappa shape index (κ1) is 30.7. The molecule has 0 unspecified atom stereocenters. The van der Waals surface area contributed by atoms with E-state index in [-0.39, 0.29) is 48.4 Å². The minimum Gasteiger partial charge on any atom is -0.468 e. The molecule has 2 N–H and O–H groups in total. The summed E-state index contributed by atoms with van der Waals surface area (Å²) in [5.74, 6) is -2.75. The zero-order valence-corrected chi connectivity index (χ0v) is 23.6. The average Bonchev–Trinajstić information content (AvgIpc) is 3.26. The molecule has 2 aromatic heterocycles. The maximum Gasteiger partial charge on any atom is 0.422 e. The molecule has 15 heteroatoms. The molecule has 1 amide bonds. The van der Waals surface area contributed by atoms with Crippen LogP contribution in [-0.4, -0.2) is 69.6 Å². The minimum atomic E-state index is -4.62. The molecule has 1 saturated heterocycles. The number of amides is 1. The fourth-order valence-corrected chi connectivity index (χ4v) is 6.54. The fourth-order valence-electron chi connectivity index (χ4n) is 5.02. The van der Waals surface area contributed by atoms with Gasteiger partial charge in [-0.3, -0.25) is 9.48 Å². The predicted molar refractivity (Wildman–Crippen MR) is 138 cm³/mol. The number of fused-ring (bicyclic) bond motifs is 1. The molecule has 0 radical (unpaired) electrons. The second-order valence-electron chi connectivity index (χ2n) is 11.2. The first-order chi connectivity index (χ1) is 18.9. The standard InChI is InChI=1S/C26H31F4N5O5S/c1-15(24(2,3)37)35-20-10-16(23(36)33-25(13-31)6-8-41(38,39)9-7-25)4-5-17(20)22(34-35)18-11-21(32-12-19(18)27)40-14-26(28,29)30/h11-12,15-16,37H,4-10,14H2,1-3H3,(H,33,36)/t15-,16+/m0/s1. The van der Waals surface area contributed by atoms with E-state index in [1.807, 2.05) is 0 Å². The molecule has 0 aromatic carbocycles. The van der Waals surface area contributed by atoms with E-state index < -0.39 is 63.3 Å². The van der Waals surface area contributed by atoms with Crippen molar-refractivity contribution >= 4 is 15.7 Å². The molecule has 1 fully saturated rings. The van der Waals surface area contributed by atoms with E-state index in [1.54, 1.807) is 20.8 Å². The maximum atomic E-state index is 15.0. The highest BCUT2D eigenvalue weighted by Gasteiger charge is 2.42. The van der Waals surface area contributed by atoms with Crippen molar-refractivity contribution in [2.45, 2.75) is 76.2 Å². The van der Waals surface area contributed by atoms with E-state index in [9.17, 15) is 41.1 Å². The van der Waals surface area contributed by atoms with Crippen LogP contribution >= 0.6 is 0 Å². The molecular weight excluding hydrogens is 570 g/mol. The van der Waals surface area contributed by atoms with Gasteiger partial charge in [-0.05, 0) is 46.5 Å². The van der Waals surface area contributed by atoms with Gasteiger partial charge in [0.25, 0.3) is 0 Å². The highest BCUT2D eigenvalue weighted by atomic mass is 32.2. The van der Waals surface area contributed by atoms with E-state index in [0.29, 0.717) is 17.7 Å². The molecule has 2 aromatic rings. The van der Waals surface area contributed by atoms with Gasteiger partial charge in [0.2, 0.25) is 11.8 Å². The number of carbonyl (C=O) groups excluding carboxylic acids is 1. The Morgan fingerprint density at radius 1 is 1.34 bits per heavy atom. The Balaban J connectivity index is 1.67. The summed E-state index contributed by atoms with van der Waals surface area (Å²) in [6.45, 7) is 3.19. The van der Waals surface area contributed by atoms with Gasteiger partial charge in [-0.15, -0.1) is 0 Å². The molecular formula is C26H31F4N5O5S. The lowest BCUT2D eigenvalue weighted by Crippen LogP contribution is -2.54. The fraction of sp³-hybridized carbons (Fsp3) is 0.615. The summed E-state index contributed by atoms with van der Waals surface area (Å²) in [7, 11) is -3.27. The molecule has 10 nitrogen and oxygen atoms in total. The zero-order chi connectivity index (χ0) is 30.4. The lowest BCUT2D eigenvalue weighted by Gasteiger charge is -2.34. The SMILES string of the molecule is C[C@H](n1nc(-c2cc(OCC(F)(F)F)ncc2F)c2c1C[C@H](C(=O)NC1(C#N)CCS(=O)(=O)CC1)CC2)C(C)(C)O. The number of carbonyl (C=O) groups is 1. The van der Waals surface area contributed by atoms with Crippen LogP contribution in [0.1, 0.15) is 57.3 Å². The number of ether oxygens (including phenoxy) is 1. The van der Waals surface area contributed by atoms with Gasteiger partial charge in [-0.25, -0.2) is 17.8 Å². The molecule has 3 heterocycles. The number of halogens is 4. The van der Waals surface area contributed by atoms with Crippen molar-refractivity contribution in [3.8, 4) is 23.2 Å². The summed E-state index contributed by atoms with van der Waals surface area (Å²) in [6, 6.07) is 2.46. The topological polar surface area (TPSA) is 147 Å². The number of nitriles is 1. The van der Waals surface area contributed by atoms with Crippen molar-refractivity contribution in [1.82, 2.24) is 20.1 Å². The van der Waals surface area contributed by atoms with Crippen LogP contribution in [0.5, 0.6) is 5.88 Å². The molecule has 4 rings (SSSR count). The number of sulfone groups is 1. The van der Waals surface area contributed by atoms with Gasteiger partial charge in [0.1, 0.15) is 5.54 Å². The van der Waals surface area contributed by atoms with Crippen LogP contribution in [0.2, 0.25) is 0 Å². The number of nitrogens with zero attached hydrogens (tertiary/aromatic N) is 4. The summed E-state index contributed by atoms with van der Waals surface area (Å²) >= 11 is 0. The van der Waals surface area contributed by atoms with E-state index in [4.69, 9.17) is 4.74 Å². The Kier molecular flexibility index (Phi) is 8.14. The smallest absolute Gasteiger partial charge is 0.422 e. The number of pyridine rings is 1. The quantitative estimate of drug-likeness (QED) is 0.461. The number of aromatic nitrogens is 3. The first-order valence-electron chi connectivity index (χ1n) is 13.1.